The van der Waals surface area contributed by atoms with Crippen molar-refractivity contribution in [2.45, 2.75) is 12.2 Å². The van der Waals surface area contributed by atoms with E-state index in [1.54, 1.807) is 11.8 Å². The van der Waals surface area contributed by atoms with Crippen molar-refractivity contribution in [1.82, 2.24) is 0 Å². The van der Waals surface area contributed by atoms with Crippen molar-refractivity contribution in [3.8, 4) is 0 Å². The number of rotatable bonds is 2. The third-order valence-corrected chi connectivity index (χ3v) is 3.45. The van der Waals surface area contributed by atoms with Crippen LogP contribution in [0.1, 0.15) is 6.92 Å². The average Bonchev–Trinajstić information content (AvgIpc) is 2.65. The first-order chi connectivity index (χ1) is 7.65. The largest absolute Gasteiger partial charge is 0.378 e. The molecule has 0 unspecified atom stereocenters. The van der Waals surface area contributed by atoms with Gasteiger partial charge in [0.2, 0.25) is 0 Å². The fraction of sp³-hybridized carbons (Fsp3) is 0.417. The molecule has 3 nitrogen and oxygen atoms in total. The molecule has 1 aromatic carbocycles. The molecule has 0 aliphatic carbocycles. The standard InChI is InChI=1S/C12H17N3S/c1-9-8-13-12(16-9)14-10-4-6-11(7-5-10)15(2)3/h4-7,9H,8H2,1-3H3,(H,13,14)/t9-/m1/s1. The molecule has 1 atom stereocenters. The second-order valence-corrected chi connectivity index (χ2v) is 5.57. The van der Waals surface area contributed by atoms with Crippen LogP contribution in [0.15, 0.2) is 29.3 Å². The maximum absolute atomic E-state index is 4.43. The number of thioether (sulfide) groups is 1. The topological polar surface area (TPSA) is 27.6 Å². The molecule has 0 bridgehead atoms. The second-order valence-electron chi connectivity index (χ2n) is 4.14. The fourth-order valence-corrected chi connectivity index (χ4v) is 2.37. The number of hydrogen-bond donors (Lipinski definition) is 1. The van der Waals surface area contributed by atoms with Crippen molar-refractivity contribution in [2.24, 2.45) is 4.99 Å². The molecular formula is C12H17N3S. The molecule has 0 saturated heterocycles. The summed E-state index contributed by atoms with van der Waals surface area (Å²) in [5, 5.41) is 4.96. The van der Waals surface area contributed by atoms with Crippen molar-refractivity contribution in [2.75, 3.05) is 30.9 Å². The van der Waals surface area contributed by atoms with Crippen molar-refractivity contribution in [3.05, 3.63) is 24.3 Å². The minimum Gasteiger partial charge on any atom is -0.378 e. The minimum atomic E-state index is 0.601. The van der Waals surface area contributed by atoms with E-state index in [4.69, 9.17) is 0 Å². The first kappa shape index (κ1) is 11.3. The van der Waals surface area contributed by atoms with Crippen LogP contribution < -0.4 is 10.2 Å². The summed E-state index contributed by atoms with van der Waals surface area (Å²) in [7, 11) is 4.09. The van der Waals surface area contributed by atoms with Crippen LogP contribution in [0.3, 0.4) is 0 Å². The smallest absolute Gasteiger partial charge is 0.161 e. The van der Waals surface area contributed by atoms with Crippen LogP contribution in [-0.4, -0.2) is 31.1 Å². The number of amidine groups is 1. The van der Waals surface area contributed by atoms with Crippen LogP contribution in [0.2, 0.25) is 0 Å². The highest BCUT2D eigenvalue weighted by Crippen LogP contribution is 2.23. The van der Waals surface area contributed by atoms with E-state index in [-0.39, 0.29) is 0 Å². The predicted molar refractivity (Wildman–Crippen MR) is 73.7 cm³/mol. The van der Waals surface area contributed by atoms with Crippen LogP contribution in [0.5, 0.6) is 0 Å². The van der Waals surface area contributed by atoms with Gasteiger partial charge in [0, 0.05) is 30.7 Å². The maximum atomic E-state index is 4.43. The Morgan fingerprint density at radius 2 is 2.00 bits per heavy atom. The number of nitrogens with one attached hydrogen (secondary N) is 1. The Morgan fingerprint density at radius 3 is 2.50 bits per heavy atom. The van der Waals surface area contributed by atoms with Gasteiger partial charge in [0.25, 0.3) is 0 Å². The predicted octanol–water partition coefficient (Wildman–Crippen LogP) is 2.66. The quantitative estimate of drug-likeness (QED) is 0.854. The van der Waals surface area contributed by atoms with E-state index in [9.17, 15) is 0 Å². The Balaban J connectivity index is 2.00. The van der Waals surface area contributed by atoms with Gasteiger partial charge in [-0.25, -0.2) is 0 Å². The van der Waals surface area contributed by atoms with Gasteiger partial charge in [-0.3, -0.25) is 4.99 Å². The van der Waals surface area contributed by atoms with Crippen molar-refractivity contribution >= 4 is 28.3 Å². The Morgan fingerprint density at radius 1 is 1.31 bits per heavy atom. The van der Waals surface area contributed by atoms with E-state index >= 15 is 0 Å². The highest BCUT2D eigenvalue weighted by Gasteiger charge is 2.14. The zero-order valence-electron chi connectivity index (χ0n) is 9.90. The van der Waals surface area contributed by atoms with Gasteiger partial charge in [-0.1, -0.05) is 18.7 Å². The van der Waals surface area contributed by atoms with E-state index < -0.39 is 0 Å². The van der Waals surface area contributed by atoms with Gasteiger partial charge >= 0.3 is 0 Å². The molecule has 1 aliphatic rings. The van der Waals surface area contributed by atoms with Crippen molar-refractivity contribution in [1.29, 1.82) is 0 Å². The molecule has 2 rings (SSSR count). The van der Waals surface area contributed by atoms with E-state index in [0.29, 0.717) is 5.25 Å². The van der Waals surface area contributed by atoms with Gasteiger partial charge in [0.05, 0.1) is 6.54 Å². The second kappa shape index (κ2) is 4.78. The van der Waals surface area contributed by atoms with Gasteiger partial charge < -0.3 is 10.2 Å². The molecule has 1 aromatic rings. The summed E-state index contributed by atoms with van der Waals surface area (Å²) in [6.45, 7) is 3.11. The zero-order chi connectivity index (χ0) is 11.5. The van der Waals surface area contributed by atoms with E-state index in [0.717, 1.165) is 17.4 Å². The molecule has 0 aromatic heterocycles. The van der Waals surface area contributed by atoms with Gasteiger partial charge in [-0.15, -0.1) is 0 Å². The molecular weight excluding hydrogens is 218 g/mol. The number of hydrogen-bond acceptors (Lipinski definition) is 4. The van der Waals surface area contributed by atoms with E-state index in [1.807, 2.05) is 14.1 Å². The molecule has 0 amide bonds. The minimum absolute atomic E-state index is 0.601. The van der Waals surface area contributed by atoms with Gasteiger partial charge in [0.15, 0.2) is 5.17 Å². The van der Waals surface area contributed by atoms with Crippen LogP contribution in [0.4, 0.5) is 11.4 Å². The molecule has 86 valence electrons. The van der Waals surface area contributed by atoms with Crippen LogP contribution in [0.25, 0.3) is 0 Å². The lowest BCUT2D eigenvalue weighted by Crippen LogP contribution is -2.09. The first-order valence-electron chi connectivity index (χ1n) is 5.40. The molecule has 16 heavy (non-hydrogen) atoms. The number of benzene rings is 1. The normalized spacial score (nSPS) is 19.4. The molecule has 4 heteroatoms. The van der Waals surface area contributed by atoms with Crippen LogP contribution >= 0.6 is 11.8 Å². The van der Waals surface area contributed by atoms with Crippen LogP contribution in [-0.2, 0) is 0 Å². The number of anilines is 2. The van der Waals surface area contributed by atoms with E-state index in [2.05, 4.69) is 46.4 Å². The van der Waals surface area contributed by atoms with Crippen LogP contribution in [0, 0.1) is 0 Å². The molecule has 1 aliphatic heterocycles. The molecule has 1 N–H and O–H groups in total. The fourth-order valence-electron chi connectivity index (χ4n) is 1.51. The Hall–Kier alpha value is -1.16. The summed E-state index contributed by atoms with van der Waals surface area (Å²) in [5.41, 5.74) is 2.31. The third-order valence-electron chi connectivity index (χ3n) is 2.44. The van der Waals surface area contributed by atoms with Crippen molar-refractivity contribution in [3.63, 3.8) is 0 Å². The Kier molecular flexibility index (Phi) is 3.39. The average molecular weight is 235 g/mol. The summed E-state index contributed by atoms with van der Waals surface area (Å²) in [5.74, 6) is 0. The summed E-state index contributed by atoms with van der Waals surface area (Å²) in [6, 6.07) is 8.38. The summed E-state index contributed by atoms with van der Waals surface area (Å²) < 4.78 is 0. The van der Waals surface area contributed by atoms with Gasteiger partial charge in [0.1, 0.15) is 0 Å². The molecule has 0 radical (unpaired) electrons. The summed E-state index contributed by atoms with van der Waals surface area (Å²) in [4.78, 5) is 6.52. The molecule has 0 saturated carbocycles. The first-order valence-corrected chi connectivity index (χ1v) is 6.28. The van der Waals surface area contributed by atoms with Gasteiger partial charge in [-0.05, 0) is 24.3 Å². The Bertz CT molecular complexity index is 384. The lowest BCUT2D eigenvalue weighted by Gasteiger charge is -2.13. The summed E-state index contributed by atoms with van der Waals surface area (Å²) >= 11 is 1.80. The zero-order valence-corrected chi connectivity index (χ0v) is 10.7. The van der Waals surface area contributed by atoms with Crippen molar-refractivity contribution < 1.29 is 0 Å². The van der Waals surface area contributed by atoms with Gasteiger partial charge in [-0.2, -0.15) is 0 Å². The monoisotopic (exact) mass is 235 g/mol. The highest BCUT2D eigenvalue weighted by molar-refractivity contribution is 8.15. The summed E-state index contributed by atoms with van der Waals surface area (Å²) in [6.07, 6.45) is 0. The lowest BCUT2D eigenvalue weighted by atomic mass is 10.3. The van der Waals surface area contributed by atoms with E-state index in [1.165, 1.54) is 5.69 Å². The lowest BCUT2D eigenvalue weighted by molar-refractivity contribution is 0.976. The molecule has 0 fully saturated rings. The maximum Gasteiger partial charge on any atom is 0.161 e. The third kappa shape index (κ3) is 2.70. The SMILES string of the molecule is C[C@@H]1CN=C(Nc2ccc(N(C)C)cc2)S1. The molecule has 0 spiro atoms. The Labute approximate surface area is 101 Å². The molecule has 1 heterocycles. The highest BCUT2D eigenvalue weighted by atomic mass is 32.2. The number of aliphatic imine (C=N–C) groups is 1. The number of nitrogens with zero attached hydrogens (tertiary/aromatic N) is 2.